The number of rotatable bonds is 7. The summed E-state index contributed by atoms with van der Waals surface area (Å²) in [5.74, 6) is 0.190. The Balaban J connectivity index is 2.00. The number of nitrogens with zero attached hydrogens (tertiary/aromatic N) is 3. The van der Waals surface area contributed by atoms with Gasteiger partial charge in [0.2, 0.25) is 0 Å². The lowest BCUT2D eigenvalue weighted by atomic mass is 10.1. The summed E-state index contributed by atoms with van der Waals surface area (Å²) in [7, 11) is 0. The number of carbonyl (C=O) groups excluding carboxylic acids is 1. The summed E-state index contributed by atoms with van der Waals surface area (Å²) in [6.07, 6.45) is 2.59. The van der Waals surface area contributed by atoms with Gasteiger partial charge < -0.3 is 10.4 Å². The molecule has 1 amide bonds. The fourth-order valence-corrected chi connectivity index (χ4v) is 2.19. The first-order valence-corrected chi connectivity index (χ1v) is 7.94. The fourth-order valence-electron chi connectivity index (χ4n) is 2.06. The van der Waals surface area contributed by atoms with E-state index in [9.17, 15) is 9.90 Å². The van der Waals surface area contributed by atoms with E-state index in [1.807, 2.05) is 0 Å². The third kappa shape index (κ3) is 5.04. The highest BCUT2D eigenvalue weighted by Gasteiger charge is 2.17. The minimum atomic E-state index is -0.513. The predicted octanol–water partition coefficient (Wildman–Crippen LogP) is 2.44. The monoisotopic (exact) mass is 336 g/mol. The van der Waals surface area contributed by atoms with Crippen LogP contribution in [0.15, 0.2) is 30.5 Å². The summed E-state index contributed by atoms with van der Waals surface area (Å²) in [5.41, 5.74) is 1.01. The van der Waals surface area contributed by atoms with Crippen LogP contribution in [0.5, 0.6) is 0 Å². The van der Waals surface area contributed by atoms with Gasteiger partial charge in [-0.1, -0.05) is 42.8 Å². The van der Waals surface area contributed by atoms with Crippen LogP contribution >= 0.6 is 11.6 Å². The molecule has 7 heteroatoms. The average Bonchev–Trinajstić information content (AvgIpc) is 3.00. The van der Waals surface area contributed by atoms with E-state index in [2.05, 4.69) is 29.5 Å². The van der Waals surface area contributed by atoms with Crippen molar-refractivity contribution >= 4 is 17.5 Å². The number of aliphatic hydroxyl groups excluding tert-OH is 1. The number of hydrogen-bond donors (Lipinski definition) is 2. The number of carbonyl (C=O) groups is 1. The number of benzene rings is 1. The number of aliphatic hydroxyl groups is 1. The van der Waals surface area contributed by atoms with Gasteiger partial charge in [0.25, 0.3) is 5.91 Å². The van der Waals surface area contributed by atoms with Gasteiger partial charge in [-0.25, -0.2) is 0 Å². The van der Waals surface area contributed by atoms with E-state index in [1.165, 1.54) is 0 Å². The Bertz CT molecular complexity index is 640. The maximum absolute atomic E-state index is 12.2. The molecule has 0 aliphatic carbocycles. The van der Waals surface area contributed by atoms with E-state index in [4.69, 9.17) is 11.6 Å². The van der Waals surface area contributed by atoms with Crippen LogP contribution in [-0.4, -0.2) is 32.6 Å². The van der Waals surface area contributed by atoms with Gasteiger partial charge >= 0.3 is 0 Å². The van der Waals surface area contributed by atoms with Gasteiger partial charge in [0.15, 0.2) is 5.69 Å². The fraction of sp³-hybridized carbons (Fsp3) is 0.438. The molecule has 1 unspecified atom stereocenters. The summed E-state index contributed by atoms with van der Waals surface area (Å²) in [5, 5.41) is 20.7. The third-order valence-corrected chi connectivity index (χ3v) is 3.72. The van der Waals surface area contributed by atoms with Gasteiger partial charge in [0.1, 0.15) is 0 Å². The highest BCUT2D eigenvalue weighted by molar-refractivity contribution is 6.30. The largest absolute Gasteiger partial charge is 0.394 e. The Kier molecular flexibility index (Phi) is 6.12. The van der Waals surface area contributed by atoms with Crippen molar-refractivity contribution in [2.45, 2.75) is 32.9 Å². The van der Waals surface area contributed by atoms with E-state index in [1.54, 1.807) is 35.1 Å². The van der Waals surface area contributed by atoms with E-state index in [0.29, 0.717) is 10.9 Å². The van der Waals surface area contributed by atoms with Gasteiger partial charge in [-0.2, -0.15) is 0 Å². The van der Waals surface area contributed by atoms with Crippen molar-refractivity contribution < 1.29 is 9.90 Å². The van der Waals surface area contributed by atoms with Crippen LogP contribution < -0.4 is 5.32 Å². The van der Waals surface area contributed by atoms with Crippen molar-refractivity contribution in [3.63, 3.8) is 0 Å². The lowest BCUT2D eigenvalue weighted by molar-refractivity contribution is 0.0911. The molecule has 0 spiro atoms. The predicted molar refractivity (Wildman–Crippen MR) is 88.2 cm³/mol. The summed E-state index contributed by atoms with van der Waals surface area (Å²) in [4.78, 5) is 12.2. The van der Waals surface area contributed by atoms with Crippen LogP contribution in [0.1, 0.15) is 42.4 Å². The minimum Gasteiger partial charge on any atom is -0.394 e. The first-order valence-electron chi connectivity index (χ1n) is 7.57. The Morgan fingerprint density at radius 2 is 2.04 bits per heavy atom. The average molecular weight is 337 g/mol. The number of amides is 1. The van der Waals surface area contributed by atoms with Crippen LogP contribution in [0.3, 0.4) is 0 Å². The molecular formula is C16H21ClN4O2. The number of aromatic nitrogens is 3. The molecule has 0 aliphatic heterocycles. The summed E-state index contributed by atoms with van der Waals surface area (Å²) in [6, 6.07) is 6.45. The van der Waals surface area contributed by atoms with Crippen LogP contribution in [0.2, 0.25) is 5.02 Å². The molecule has 0 saturated carbocycles. The van der Waals surface area contributed by atoms with E-state index in [-0.39, 0.29) is 18.2 Å². The van der Waals surface area contributed by atoms with Crippen molar-refractivity contribution in [2.24, 2.45) is 5.92 Å². The highest BCUT2D eigenvalue weighted by Crippen LogP contribution is 2.16. The summed E-state index contributed by atoms with van der Waals surface area (Å²) < 4.78 is 1.66. The molecule has 2 rings (SSSR count). The quantitative estimate of drug-likeness (QED) is 0.813. The van der Waals surface area contributed by atoms with Gasteiger partial charge in [0.05, 0.1) is 18.8 Å². The van der Waals surface area contributed by atoms with Gasteiger partial charge in [-0.05, 0) is 30.0 Å². The smallest absolute Gasteiger partial charge is 0.274 e. The molecule has 0 radical (unpaired) electrons. The molecule has 6 nitrogen and oxygen atoms in total. The molecule has 124 valence electrons. The zero-order valence-electron chi connectivity index (χ0n) is 13.2. The first kappa shape index (κ1) is 17.4. The van der Waals surface area contributed by atoms with Crippen molar-refractivity contribution in [1.82, 2.24) is 20.3 Å². The Morgan fingerprint density at radius 1 is 1.35 bits per heavy atom. The van der Waals surface area contributed by atoms with Gasteiger partial charge in [-0.15, -0.1) is 5.10 Å². The molecule has 1 aromatic heterocycles. The third-order valence-electron chi connectivity index (χ3n) is 3.47. The second-order valence-electron chi connectivity index (χ2n) is 5.81. The maximum Gasteiger partial charge on any atom is 0.274 e. The van der Waals surface area contributed by atoms with Crippen molar-refractivity contribution in [1.29, 1.82) is 0 Å². The number of aryl methyl sites for hydroxylation is 1. The Morgan fingerprint density at radius 3 is 2.65 bits per heavy atom. The molecule has 1 aromatic carbocycles. The Hall–Kier alpha value is -1.92. The number of halogens is 1. The zero-order valence-corrected chi connectivity index (χ0v) is 14.0. The second-order valence-corrected chi connectivity index (χ2v) is 6.25. The van der Waals surface area contributed by atoms with E-state index in [0.717, 1.165) is 18.5 Å². The molecule has 0 fully saturated rings. The molecule has 0 saturated heterocycles. The second kappa shape index (κ2) is 8.08. The van der Waals surface area contributed by atoms with Gasteiger partial charge in [-0.3, -0.25) is 9.48 Å². The normalized spacial score (nSPS) is 12.4. The van der Waals surface area contributed by atoms with E-state index >= 15 is 0 Å². The van der Waals surface area contributed by atoms with Crippen LogP contribution in [0.4, 0.5) is 0 Å². The van der Waals surface area contributed by atoms with Crippen LogP contribution in [0, 0.1) is 5.92 Å². The van der Waals surface area contributed by atoms with E-state index < -0.39 is 6.04 Å². The molecule has 0 bridgehead atoms. The van der Waals surface area contributed by atoms with Crippen molar-refractivity contribution in [3.8, 4) is 0 Å². The SMILES string of the molecule is CC(C)CCn1cc(C(=O)NC(CO)c2ccc(Cl)cc2)nn1. The lowest BCUT2D eigenvalue weighted by Gasteiger charge is -2.15. The first-order chi connectivity index (χ1) is 11.0. The molecule has 2 aromatic rings. The standard InChI is InChI=1S/C16H21ClN4O2/c1-11(2)7-8-21-9-14(19-20-21)16(23)18-15(10-22)12-3-5-13(17)6-4-12/h3-6,9,11,15,22H,7-8,10H2,1-2H3,(H,18,23). The number of hydrogen-bond acceptors (Lipinski definition) is 4. The topological polar surface area (TPSA) is 80.0 Å². The minimum absolute atomic E-state index is 0.213. The van der Waals surface area contributed by atoms with Crippen molar-refractivity contribution in [3.05, 3.63) is 46.7 Å². The van der Waals surface area contributed by atoms with Crippen LogP contribution in [0.25, 0.3) is 0 Å². The summed E-state index contributed by atoms with van der Waals surface area (Å²) in [6.45, 7) is 4.76. The Labute approximate surface area is 140 Å². The van der Waals surface area contributed by atoms with Crippen LogP contribution in [-0.2, 0) is 6.54 Å². The maximum atomic E-state index is 12.2. The molecule has 2 N–H and O–H groups in total. The zero-order chi connectivity index (χ0) is 16.8. The molecule has 23 heavy (non-hydrogen) atoms. The molecule has 1 heterocycles. The highest BCUT2D eigenvalue weighted by atomic mass is 35.5. The molecule has 0 aliphatic rings. The van der Waals surface area contributed by atoms with Gasteiger partial charge in [0, 0.05) is 11.6 Å². The molecular weight excluding hydrogens is 316 g/mol. The molecule has 1 atom stereocenters. The summed E-state index contributed by atoms with van der Waals surface area (Å²) >= 11 is 5.84. The van der Waals surface area contributed by atoms with Crippen molar-refractivity contribution in [2.75, 3.05) is 6.61 Å². The number of nitrogens with one attached hydrogen (secondary N) is 1. The lowest BCUT2D eigenvalue weighted by Crippen LogP contribution is -2.31.